The molecule has 0 aliphatic heterocycles. The van der Waals surface area contributed by atoms with Crippen LogP contribution in [0.1, 0.15) is 11.3 Å². The third-order valence-electron chi connectivity index (χ3n) is 2.61. The minimum absolute atomic E-state index is 0.209. The van der Waals surface area contributed by atoms with Crippen molar-refractivity contribution in [2.45, 2.75) is 6.92 Å². The minimum atomic E-state index is -0.209. The Morgan fingerprint density at radius 3 is 2.89 bits per heavy atom. The van der Waals surface area contributed by atoms with Crippen molar-refractivity contribution in [3.8, 4) is 0 Å². The third kappa shape index (κ3) is 3.67. The van der Waals surface area contributed by atoms with E-state index in [1.54, 1.807) is 24.4 Å². The molecule has 1 amide bonds. The van der Waals surface area contributed by atoms with Crippen LogP contribution in [0.5, 0.6) is 0 Å². The Balaban J connectivity index is 2.06. The van der Waals surface area contributed by atoms with Crippen molar-refractivity contribution >= 4 is 23.4 Å². The van der Waals surface area contributed by atoms with Crippen molar-refractivity contribution < 1.29 is 4.79 Å². The predicted octanol–water partition coefficient (Wildman–Crippen LogP) is 2.62. The van der Waals surface area contributed by atoms with Gasteiger partial charge in [0.05, 0.1) is 5.69 Å². The van der Waals surface area contributed by atoms with E-state index in [9.17, 15) is 4.79 Å². The lowest BCUT2D eigenvalue weighted by molar-refractivity contribution is -0.111. The van der Waals surface area contributed by atoms with E-state index in [-0.39, 0.29) is 5.91 Å². The van der Waals surface area contributed by atoms with E-state index < -0.39 is 0 Å². The van der Waals surface area contributed by atoms with Crippen molar-refractivity contribution in [1.82, 2.24) is 4.98 Å². The zero-order valence-corrected chi connectivity index (χ0v) is 10.6. The molecule has 0 aliphatic carbocycles. The van der Waals surface area contributed by atoms with Crippen LogP contribution in [-0.4, -0.2) is 10.9 Å². The maximum atomic E-state index is 11.8. The van der Waals surface area contributed by atoms with Gasteiger partial charge in [0.2, 0.25) is 5.91 Å². The van der Waals surface area contributed by atoms with Gasteiger partial charge in [-0.25, -0.2) is 0 Å². The smallest absolute Gasteiger partial charge is 0.248 e. The highest BCUT2D eigenvalue weighted by Gasteiger charge is 2.02. The zero-order chi connectivity index (χ0) is 13.7. The normalized spacial score (nSPS) is 10.6. The van der Waals surface area contributed by atoms with Gasteiger partial charge in [0.25, 0.3) is 0 Å². The van der Waals surface area contributed by atoms with E-state index in [1.807, 2.05) is 31.2 Å². The standard InChI is InChI=1S/C15H15N3O/c1-11-5-6-12(16)10-14(11)18-15(19)8-7-13-4-2-3-9-17-13/h2-10H,16H2,1H3,(H,18,19). The van der Waals surface area contributed by atoms with Gasteiger partial charge in [-0.2, -0.15) is 0 Å². The van der Waals surface area contributed by atoms with Crippen LogP contribution in [0.15, 0.2) is 48.7 Å². The molecule has 0 fully saturated rings. The van der Waals surface area contributed by atoms with Crippen molar-refractivity contribution in [3.63, 3.8) is 0 Å². The molecule has 0 radical (unpaired) electrons. The number of nitrogens with two attached hydrogens (primary N) is 1. The Kier molecular flexibility index (Phi) is 3.93. The van der Waals surface area contributed by atoms with E-state index in [2.05, 4.69) is 10.3 Å². The minimum Gasteiger partial charge on any atom is -0.399 e. The monoisotopic (exact) mass is 253 g/mol. The number of aryl methyl sites for hydroxylation is 1. The first-order chi connectivity index (χ1) is 9.15. The van der Waals surface area contributed by atoms with Crippen LogP contribution >= 0.6 is 0 Å². The van der Waals surface area contributed by atoms with Gasteiger partial charge in [-0.05, 0) is 42.8 Å². The molecular formula is C15H15N3O. The van der Waals surface area contributed by atoms with Crippen LogP contribution in [0.4, 0.5) is 11.4 Å². The molecule has 0 aliphatic rings. The Bertz CT molecular complexity index is 606. The van der Waals surface area contributed by atoms with Gasteiger partial charge in [0.1, 0.15) is 0 Å². The number of hydrogen-bond donors (Lipinski definition) is 2. The van der Waals surface area contributed by atoms with Gasteiger partial charge in [0.15, 0.2) is 0 Å². The molecule has 19 heavy (non-hydrogen) atoms. The van der Waals surface area contributed by atoms with E-state index in [0.717, 1.165) is 16.9 Å². The average Bonchev–Trinajstić information content (AvgIpc) is 2.42. The molecule has 96 valence electrons. The molecule has 4 nitrogen and oxygen atoms in total. The van der Waals surface area contributed by atoms with Gasteiger partial charge in [0, 0.05) is 23.6 Å². The van der Waals surface area contributed by atoms with Gasteiger partial charge in [-0.15, -0.1) is 0 Å². The fourth-order valence-corrected chi connectivity index (χ4v) is 1.58. The number of aromatic nitrogens is 1. The lowest BCUT2D eigenvalue weighted by atomic mass is 10.2. The number of carbonyl (C=O) groups is 1. The Hall–Kier alpha value is -2.62. The van der Waals surface area contributed by atoms with E-state index in [0.29, 0.717) is 5.69 Å². The summed E-state index contributed by atoms with van der Waals surface area (Å²) in [6.07, 6.45) is 4.79. The molecule has 0 unspecified atom stereocenters. The number of hydrogen-bond acceptors (Lipinski definition) is 3. The number of amides is 1. The summed E-state index contributed by atoms with van der Waals surface area (Å²) in [7, 11) is 0. The third-order valence-corrected chi connectivity index (χ3v) is 2.61. The molecule has 0 bridgehead atoms. The first-order valence-electron chi connectivity index (χ1n) is 5.91. The molecule has 0 saturated carbocycles. The maximum Gasteiger partial charge on any atom is 0.248 e. The van der Waals surface area contributed by atoms with Gasteiger partial charge < -0.3 is 11.1 Å². The molecule has 0 saturated heterocycles. The summed E-state index contributed by atoms with van der Waals surface area (Å²) in [5.74, 6) is -0.209. The van der Waals surface area contributed by atoms with E-state index >= 15 is 0 Å². The molecular weight excluding hydrogens is 238 g/mol. The van der Waals surface area contributed by atoms with Crippen LogP contribution in [0.2, 0.25) is 0 Å². The average molecular weight is 253 g/mol. The van der Waals surface area contributed by atoms with E-state index in [1.165, 1.54) is 6.08 Å². The number of nitrogens with one attached hydrogen (secondary N) is 1. The molecule has 3 N–H and O–H groups in total. The molecule has 0 atom stereocenters. The van der Waals surface area contributed by atoms with Gasteiger partial charge >= 0.3 is 0 Å². The van der Waals surface area contributed by atoms with Gasteiger partial charge in [-0.1, -0.05) is 12.1 Å². The van der Waals surface area contributed by atoms with Crippen molar-refractivity contribution in [2.75, 3.05) is 11.1 Å². The number of nitrogens with zero attached hydrogens (tertiary/aromatic N) is 1. The first kappa shape index (κ1) is 12.8. The number of pyridine rings is 1. The number of anilines is 2. The molecule has 1 aromatic carbocycles. The maximum absolute atomic E-state index is 11.8. The van der Waals surface area contributed by atoms with Crippen LogP contribution in [-0.2, 0) is 4.79 Å². The van der Waals surface area contributed by atoms with E-state index in [4.69, 9.17) is 5.73 Å². The van der Waals surface area contributed by atoms with Crippen LogP contribution in [0.25, 0.3) is 6.08 Å². The fraction of sp³-hybridized carbons (Fsp3) is 0.0667. The summed E-state index contributed by atoms with van der Waals surface area (Å²) in [4.78, 5) is 15.9. The summed E-state index contributed by atoms with van der Waals surface area (Å²) in [6.45, 7) is 1.91. The largest absolute Gasteiger partial charge is 0.399 e. The Morgan fingerprint density at radius 1 is 1.32 bits per heavy atom. The SMILES string of the molecule is Cc1ccc(N)cc1NC(=O)C=Cc1ccccn1. The summed E-state index contributed by atoms with van der Waals surface area (Å²) >= 11 is 0. The summed E-state index contributed by atoms with van der Waals surface area (Å²) < 4.78 is 0. The molecule has 1 aromatic heterocycles. The molecule has 1 heterocycles. The predicted molar refractivity (Wildman–Crippen MR) is 77.5 cm³/mol. The quantitative estimate of drug-likeness (QED) is 0.652. The summed E-state index contributed by atoms with van der Waals surface area (Å²) in [5, 5.41) is 2.79. The van der Waals surface area contributed by atoms with Crippen LogP contribution in [0.3, 0.4) is 0 Å². The Labute approximate surface area is 112 Å². The number of carbonyl (C=O) groups excluding carboxylic acids is 1. The zero-order valence-electron chi connectivity index (χ0n) is 10.6. The molecule has 0 spiro atoms. The molecule has 2 rings (SSSR count). The highest BCUT2D eigenvalue weighted by atomic mass is 16.1. The van der Waals surface area contributed by atoms with Crippen molar-refractivity contribution in [2.24, 2.45) is 0 Å². The lowest BCUT2D eigenvalue weighted by Crippen LogP contribution is -2.09. The second-order valence-electron chi connectivity index (χ2n) is 4.15. The second-order valence-corrected chi connectivity index (χ2v) is 4.15. The Morgan fingerprint density at radius 2 is 2.16 bits per heavy atom. The summed E-state index contributed by atoms with van der Waals surface area (Å²) in [5.41, 5.74) is 8.73. The highest BCUT2D eigenvalue weighted by Crippen LogP contribution is 2.18. The summed E-state index contributed by atoms with van der Waals surface area (Å²) in [6, 6.07) is 10.9. The number of nitrogen functional groups attached to an aromatic ring is 1. The fourth-order valence-electron chi connectivity index (χ4n) is 1.58. The number of benzene rings is 1. The number of rotatable bonds is 3. The van der Waals surface area contributed by atoms with Crippen LogP contribution < -0.4 is 11.1 Å². The highest BCUT2D eigenvalue weighted by molar-refractivity contribution is 6.02. The molecule has 4 heteroatoms. The van der Waals surface area contributed by atoms with Gasteiger partial charge in [-0.3, -0.25) is 9.78 Å². The topological polar surface area (TPSA) is 68.0 Å². The van der Waals surface area contributed by atoms with Crippen molar-refractivity contribution in [1.29, 1.82) is 0 Å². The second kappa shape index (κ2) is 5.82. The lowest BCUT2D eigenvalue weighted by Gasteiger charge is -2.07. The van der Waals surface area contributed by atoms with Crippen LogP contribution in [0, 0.1) is 6.92 Å². The first-order valence-corrected chi connectivity index (χ1v) is 5.91. The van der Waals surface area contributed by atoms with Crippen molar-refractivity contribution in [3.05, 3.63) is 59.9 Å². The molecule has 2 aromatic rings.